The number of anilines is 2. The Morgan fingerprint density at radius 2 is 1.87 bits per heavy atom. The molecular weight excluding hydrogens is 403 g/mol. The van der Waals surface area contributed by atoms with Crippen LogP contribution in [-0.2, 0) is 9.53 Å². The van der Waals surface area contributed by atoms with Gasteiger partial charge in [-0.2, -0.15) is 0 Å². The van der Waals surface area contributed by atoms with Crippen molar-refractivity contribution in [1.82, 2.24) is 10.2 Å². The Bertz CT molecular complexity index is 760. The Kier molecular flexibility index (Phi) is 8.09. The average molecular weight is 437 g/mol. The van der Waals surface area contributed by atoms with Crippen molar-refractivity contribution in [1.29, 1.82) is 0 Å². The molecule has 2 saturated heterocycles. The van der Waals surface area contributed by atoms with E-state index in [9.17, 15) is 14.0 Å². The van der Waals surface area contributed by atoms with E-state index in [-0.39, 0.29) is 42.5 Å². The number of hydrogen-bond donors (Lipinski definition) is 3. The summed E-state index contributed by atoms with van der Waals surface area (Å²) in [6, 6.07) is 4.46. The minimum atomic E-state index is -0.377. The number of likely N-dealkylation sites (tertiary alicyclic amines) is 1. The lowest BCUT2D eigenvalue weighted by atomic mass is 9.96. The first-order chi connectivity index (χ1) is 14.9. The van der Waals surface area contributed by atoms with Crippen LogP contribution >= 0.6 is 0 Å². The predicted molar refractivity (Wildman–Crippen MR) is 117 cm³/mol. The Hall–Kier alpha value is -2.39. The summed E-state index contributed by atoms with van der Waals surface area (Å²) in [5.74, 6) is -0.534. The molecule has 3 amide bonds. The van der Waals surface area contributed by atoms with Gasteiger partial charge in [0.25, 0.3) is 0 Å². The summed E-state index contributed by atoms with van der Waals surface area (Å²) in [6.45, 7) is 6.62. The second-order valence-corrected chi connectivity index (χ2v) is 8.39. The number of benzene rings is 1. The van der Waals surface area contributed by atoms with E-state index in [0.717, 1.165) is 0 Å². The van der Waals surface area contributed by atoms with Crippen LogP contribution in [0.5, 0.6) is 0 Å². The molecule has 0 unspecified atom stereocenters. The Morgan fingerprint density at radius 1 is 1.19 bits per heavy atom. The highest BCUT2D eigenvalue weighted by atomic mass is 19.1. The molecule has 0 aromatic heterocycles. The normalized spacial score (nSPS) is 22.3. The van der Waals surface area contributed by atoms with Gasteiger partial charge in [-0.05, 0) is 51.3 Å². The number of rotatable bonds is 6. The maximum atomic E-state index is 14.7. The van der Waals surface area contributed by atoms with Crippen molar-refractivity contribution >= 4 is 23.3 Å². The molecule has 2 fully saturated rings. The van der Waals surface area contributed by atoms with Crippen LogP contribution in [0.25, 0.3) is 0 Å². The SMILES string of the molecule is C[C@@H]1CN(c2ccc(NC(=O)N3CCC(C(=O)NCCCO)CC3)cc2F)C[C@@H](C)O1. The molecule has 0 spiro atoms. The molecule has 2 aliphatic rings. The number of aliphatic hydroxyl groups is 1. The van der Waals surface area contributed by atoms with Gasteiger partial charge in [0, 0.05) is 50.9 Å². The molecule has 3 N–H and O–H groups in total. The van der Waals surface area contributed by atoms with Gasteiger partial charge in [0.2, 0.25) is 5.91 Å². The Balaban J connectivity index is 1.51. The van der Waals surface area contributed by atoms with Crippen LogP contribution in [0.3, 0.4) is 0 Å². The molecule has 0 radical (unpaired) electrons. The number of morpholine rings is 1. The van der Waals surface area contributed by atoms with Gasteiger partial charge < -0.3 is 30.3 Å². The van der Waals surface area contributed by atoms with Crippen molar-refractivity contribution in [3.05, 3.63) is 24.0 Å². The van der Waals surface area contributed by atoms with Crippen LogP contribution in [-0.4, -0.2) is 73.5 Å². The van der Waals surface area contributed by atoms with Gasteiger partial charge in [0.1, 0.15) is 5.82 Å². The monoisotopic (exact) mass is 436 g/mol. The zero-order chi connectivity index (χ0) is 22.4. The van der Waals surface area contributed by atoms with Crippen molar-refractivity contribution in [2.75, 3.05) is 49.5 Å². The minimum absolute atomic E-state index is 0.0297. The second kappa shape index (κ2) is 10.8. The van der Waals surface area contributed by atoms with Gasteiger partial charge in [-0.15, -0.1) is 0 Å². The van der Waals surface area contributed by atoms with Crippen LogP contribution in [0, 0.1) is 11.7 Å². The summed E-state index contributed by atoms with van der Waals surface area (Å²) in [7, 11) is 0. The summed E-state index contributed by atoms with van der Waals surface area (Å²) in [6.07, 6.45) is 1.76. The fourth-order valence-corrected chi connectivity index (χ4v) is 4.20. The maximum Gasteiger partial charge on any atom is 0.321 e. The van der Waals surface area contributed by atoms with Crippen molar-refractivity contribution in [2.45, 2.75) is 45.3 Å². The number of nitrogens with one attached hydrogen (secondary N) is 2. The number of halogens is 1. The first-order valence-corrected chi connectivity index (χ1v) is 11.0. The van der Waals surface area contributed by atoms with E-state index in [1.165, 1.54) is 6.07 Å². The summed E-state index contributed by atoms with van der Waals surface area (Å²) in [4.78, 5) is 28.3. The van der Waals surface area contributed by atoms with Crippen LogP contribution in [0.2, 0.25) is 0 Å². The lowest BCUT2D eigenvalue weighted by molar-refractivity contribution is -0.126. The summed E-state index contributed by atoms with van der Waals surface area (Å²) in [5.41, 5.74) is 0.914. The second-order valence-electron chi connectivity index (χ2n) is 8.39. The number of nitrogens with zero attached hydrogens (tertiary/aromatic N) is 2. The highest BCUT2D eigenvalue weighted by Gasteiger charge is 2.28. The van der Waals surface area contributed by atoms with E-state index in [1.54, 1.807) is 17.0 Å². The van der Waals surface area contributed by atoms with Crippen LogP contribution < -0.4 is 15.5 Å². The van der Waals surface area contributed by atoms with Gasteiger partial charge in [-0.25, -0.2) is 9.18 Å². The van der Waals surface area contributed by atoms with Gasteiger partial charge in [-0.3, -0.25) is 4.79 Å². The molecule has 1 aromatic rings. The highest BCUT2D eigenvalue weighted by molar-refractivity contribution is 5.90. The fourth-order valence-electron chi connectivity index (χ4n) is 4.20. The molecular formula is C22H33FN4O4. The number of hydrogen-bond acceptors (Lipinski definition) is 5. The zero-order valence-corrected chi connectivity index (χ0v) is 18.3. The molecule has 2 aliphatic heterocycles. The molecule has 172 valence electrons. The third-order valence-corrected chi connectivity index (χ3v) is 5.75. The van der Waals surface area contributed by atoms with Gasteiger partial charge >= 0.3 is 6.03 Å². The third kappa shape index (κ3) is 6.30. The van der Waals surface area contributed by atoms with Gasteiger partial charge in [-0.1, -0.05) is 0 Å². The Morgan fingerprint density at radius 3 is 2.48 bits per heavy atom. The van der Waals surface area contributed by atoms with E-state index >= 15 is 0 Å². The number of ether oxygens (including phenoxy) is 1. The van der Waals surface area contributed by atoms with E-state index in [0.29, 0.717) is 63.4 Å². The maximum absolute atomic E-state index is 14.7. The Labute approximate surface area is 182 Å². The molecule has 1 aromatic carbocycles. The number of urea groups is 1. The number of aliphatic hydroxyl groups excluding tert-OH is 1. The summed E-state index contributed by atoms with van der Waals surface area (Å²) >= 11 is 0. The van der Waals surface area contributed by atoms with E-state index in [4.69, 9.17) is 9.84 Å². The van der Waals surface area contributed by atoms with Crippen molar-refractivity contribution in [3.63, 3.8) is 0 Å². The van der Waals surface area contributed by atoms with Gasteiger partial charge in [0.05, 0.1) is 17.9 Å². The molecule has 2 heterocycles. The topological polar surface area (TPSA) is 94.1 Å². The van der Waals surface area contributed by atoms with Crippen molar-refractivity contribution in [3.8, 4) is 0 Å². The number of carbonyl (C=O) groups excluding carboxylic acids is 2. The van der Waals surface area contributed by atoms with Crippen LogP contribution in [0.15, 0.2) is 18.2 Å². The van der Waals surface area contributed by atoms with Crippen molar-refractivity contribution < 1.29 is 23.8 Å². The molecule has 2 atom stereocenters. The summed E-state index contributed by atoms with van der Waals surface area (Å²) in [5, 5.41) is 14.4. The minimum Gasteiger partial charge on any atom is -0.396 e. The molecule has 0 saturated carbocycles. The van der Waals surface area contributed by atoms with E-state index in [2.05, 4.69) is 10.6 Å². The number of amides is 3. The predicted octanol–water partition coefficient (Wildman–Crippen LogP) is 2.18. The van der Waals surface area contributed by atoms with Gasteiger partial charge in [0.15, 0.2) is 0 Å². The first kappa shape index (κ1) is 23.3. The molecule has 8 nitrogen and oxygen atoms in total. The average Bonchev–Trinajstić information content (AvgIpc) is 2.73. The van der Waals surface area contributed by atoms with Crippen LogP contribution in [0.1, 0.15) is 33.1 Å². The lowest BCUT2D eigenvalue weighted by Gasteiger charge is -2.37. The largest absolute Gasteiger partial charge is 0.396 e. The molecule has 0 aliphatic carbocycles. The number of piperidine rings is 1. The van der Waals surface area contributed by atoms with Crippen molar-refractivity contribution in [2.24, 2.45) is 5.92 Å². The quantitative estimate of drug-likeness (QED) is 0.595. The lowest BCUT2D eigenvalue weighted by Crippen LogP contribution is -2.46. The molecule has 3 rings (SSSR count). The third-order valence-electron chi connectivity index (χ3n) is 5.75. The first-order valence-electron chi connectivity index (χ1n) is 11.0. The smallest absolute Gasteiger partial charge is 0.321 e. The molecule has 31 heavy (non-hydrogen) atoms. The standard InChI is InChI=1S/C22H33FN4O4/c1-15-13-27(14-16(2)31-15)20-5-4-18(12-19(20)23)25-22(30)26-9-6-17(7-10-26)21(29)24-8-3-11-28/h4-5,12,15-17,28H,3,6-11,13-14H2,1-2H3,(H,24,29)(H,25,30)/t15-,16-/m1/s1. The van der Waals surface area contributed by atoms with Crippen LogP contribution in [0.4, 0.5) is 20.6 Å². The molecule has 0 bridgehead atoms. The molecule has 9 heteroatoms. The summed E-state index contributed by atoms with van der Waals surface area (Å²) < 4.78 is 20.4. The number of carbonyl (C=O) groups is 2. The highest BCUT2D eigenvalue weighted by Crippen LogP contribution is 2.26. The fraction of sp³-hybridized carbons (Fsp3) is 0.636. The van der Waals surface area contributed by atoms with E-state index in [1.807, 2.05) is 18.7 Å². The van der Waals surface area contributed by atoms with E-state index < -0.39 is 0 Å². The zero-order valence-electron chi connectivity index (χ0n) is 18.3.